The van der Waals surface area contributed by atoms with E-state index < -0.39 is 5.60 Å². The molecule has 0 radical (unpaired) electrons. The van der Waals surface area contributed by atoms with Crippen LogP contribution in [0.25, 0.3) is 16.8 Å². The van der Waals surface area contributed by atoms with Crippen molar-refractivity contribution in [3.8, 4) is 17.2 Å². The molecule has 1 atom stereocenters. The van der Waals surface area contributed by atoms with Crippen molar-refractivity contribution in [1.82, 2.24) is 5.32 Å². The number of carbonyl (C=O) groups excluding carboxylic acids is 2. The van der Waals surface area contributed by atoms with Gasteiger partial charge in [-0.05, 0) is 99.0 Å². The van der Waals surface area contributed by atoms with Gasteiger partial charge in [-0.25, -0.2) is 0 Å². The van der Waals surface area contributed by atoms with E-state index in [4.69, 9.17) is 14.2 Å². The van der Waals surface area contributed by atoms with Crippen molar-refractivity contribution in [2.24, 2.45) is 0 Å². The molecule has 2 aliphatic heterocycles. The molecule has 0 bridgehead atoms. The van der Waals surface area contributed by atoms with Gasteiger partial charge in [0.05, 0.1) is 4.91 Å². The predicted octanol–water partition coefficient (Wildman–Crippen LogP) is 7.21. The van der Waals surface area contributed by atoms with Crippen LogP contribution in [0.2, 0.25) is 0 Å². The average molecular weight is 544 g/mol. The van der Waals surface area contributed by atoms with Crippen LogP contribution in [-0.4, -0.2) is 30.0 Å². The predicted molar refractivity (Wildman–Crippen MR) is 157 cm³/mol. The third-order valence-electron chi connectivity index (χ3n) is 7.50. The van der Waals surface area contributed by atoms with Crippen LogP contribution < -0.4 is 19.5 Å². The zero-order valence-corrected chi connectivity index (χ0v) is 23.8. The number of hydrogen-bond acceptors (Lipinski definition) is 6. The minimum atomic E-state index is -0.495. The molecule has 39 heavy (non-hydrogen) atoms. The number of hydrogen-bond donors (Lipinski definition) is 1. The molecule has 7 heteroatoms. The van der Waals surface area contributed by atoms with Crippen molar-refractivity contribution in [2.75, 3.05) is 13.2 Å². The molecule has 1 N–H and O–H groups in total. The number of allylic oxidation sites excluding steroid dienone is 1. The Bertz CT molecular complexity index is 1540. The third-order valence-corrected chi connectivity index (χ3v) is 8.31. The van der Waals surface area contributed by atoms with Gasteiger partial charge in [0.1, 0.15) is 36.1 Å². The Hall–Kier alpha value is -3.71. The Kier molecular flexibility index (Phi) is 7.45. The molecule has 1 saturated heterocycles. The lowest BCUT2D eigenvalue weighted by Gasteiger charge is -2.38. The first-order chi connectivity index (χ1) is 18.7. The Balaban J connectivity index is 1.39. The largest absolute Gasteiger partial charge is 0.489 e. The van der Waals surface area contributed by atoms with E-state index in [-0.39, 0.29) is 11.1 Å². The van der Waals surface area contributed by atoms with Crippen molar-refractivity contribution < 1.29 is 23.8 Å². The first kappa shape index (κ1) is 26.9. The van der Waals surface area contributed by atoms with Crippen LogP contribution >= 0.6 is 11.8 Å². The number of benzene rings is 3. The van der Waals surface area contributed by atoms with E-state index in [1.807, 2.05) is 55.5 Å². The third kappa shape index (κ3) is 5.28. The van der Waals surface area contributed by atoms with Gasteiger partial charge in [-0.15, -0.1) is 0 Å². The highest BCUT2D eigenvalue weighted by molar-refractivity contribution is 8.18. The maximum absolute atomic E-state index is 12.1. The average Bonchev–Trinajstić information content (AvgIpc) is 3.25. The summed E-state index contributed by atoms with van der Waals surface area (Å²) in [6.07, 6.45) is 7.46. The van der Waals surface area contributed by atoms with Crippen LogP contribution in [0.4, 0.5) is 4.79 Å². The zero-order valence-electron chi connectivity index (χ0n) is 23.0. The van der Waals surface area contributed by atoms with Crippen molar-refractivity contribution in [3.05, 3.63) is 81.3 Å². The van der Waals surface area contributed by atoms with Crippen LogP contribution in [0.3, 0.4) is 0 Å². The quantitative estimate of drug-likeness (QED) is 0.251. The number of amides is 2. The zero-order chi connectivity index (χ0) is 27.7. The van der Waals surface area contributed by atoms with Crippen molar-refractivity contribution in [2.45, 2.75) is 53.1 Å². The Morgan fingerprint density at radius 1 is 1.03 bits per heavy atom. The number of imide groups is 1. The maximum Gasteiger partial charge on any atom is 0.290 e. The summed E-state index contributed by atoms with van der Waals surface area (Å²) in [5.74, 6) is 2.27. The summed E-state index contributed by atoms with van der Waals surface area (Å²) in [4.78, 5) is 24.0. The molecule has 0 aromatic heterocycles. The number of ether oxygens (including phenoxy) is 3. The van der Waals surface area contributed by atoms with Crippen molar-refractivity contribution in [1.29, 1.82) is 0 Å². The SMILES string of the molecule is C/C=C/COc1c(C)c(C)c2c(c1C)CCC(C)(COc1ccc(/C=C3\SC(=O)NC3=O)c3ccccc13)O2. The fourth-order valence-electron chi connectivity index (χ4n) is 5.17. The Morgan fingerprint density at radius 3 is 2.51 bits per heavy atom. The first-order valence-corrected chi connectivity index (χ1v) is 14.0. The summed E-state index contributed by atoms with van der Waals surface area (Å²) in [6, 6.07) is 11.8. The monoisotopic (exact) mass is 543 g/mol. The van der Waals surface area contributed by atoms with E-state index in [1.165, 1.54) is 5.56 Å². The molecule has 2 heterocycles. The van der Waals surface area contributed by atoms with Crippen LogP contribution in [0.5, 0.6) is 17.2 Å². The fraction of sp³-hybridized carbons (Fsp3) is 0.312. The molecule has 0 spiro atoms. The van der Waals surface area contributed by atoms with E-state index >= 15 is 0 Å². The molecule has 2 amide bonds. The minimum Gasteiger partial charge on any atom is -0.489 e. The lowest BCUT2D eigenvalue weighted by molar-refractivity contribution is -0.115. The minimum absolute atomic E-state index is 0.351. The van der Waals surface area contributed by atoms with Crippen LogP contribution in [0.15, 0.2) is 53.5 Å². The van der Waals surface area contributed by atoms with Crippen molar-refractivity contribution in [3.63, 3.8) is 0 Å². The Labute approximate surface area is 233 Å². The number of rotatable bonds is 7. The second-order valence-electron chi connectivity index (χ2n) is 10.3. The molecular weight excluding hydrogens is 510 g/mol. The van der Waals surface area contributed by atoms with E-state index in [9.17, 15) is 9.59 Å². The molecule has 6 nitrogen and oxygen atoms in total. The van der Waals surface area contributed by atoms with Crippen LogP contribution in [0, 0.1) is 20.8 Å². The van der Waals surface area contributed by atoms with Gasteiger partial charge in [0, 0.05) is 10.9 Å². The van der Waals surface area contributed by atoms with Gasteiger partial charge in [-0.1, -0.05) is 42.5 Å². The second kappa shape index (κ2) is 10.8. The molecule has 5 rings (SSSR count). The second-order valence-corrected chi connectivity index (χ2v) is 11.3. The summed E-state index contributed by atoms with van der Waals surface area (Å²) in [7, 11) is 0. The molecule has 1 fully saturated rings. The molecule has 1 unspecified atom stereocenters. The fourth-order valence-corrected chi connectivity index (χ4v) is 5.84. The topological polar surface area (TPSA) is 73.9 Å². The molecule has 2 aliphatic rings. The molecule has 202 valence electrons. The summed E-state index contributed by atoms with van der Waals surface area (Å²) in [6.45, 7) is 11.3. The Morgan fingerprint density at radius 2 is 1.79 bits per heavy atom. The van der Waals surface area contributed by atoms with Crippen LogP contribution in [-0.2, 0) is 11.2 Å². The van der Waals surface area contributed by atoms with Crippen molar-refractivity contribution >= 4 is 39.8 Å². The molecular formula is C32H33NO5S. The summed E-state index contributed by atoms with van der Waals surface area (Å²) in [5, 5.41) is 3.84. The summed E-state index contributed by atoms with van der Waals surface area (Å²) < 4.78 is 19.2. The summed E-state index contributed by atoms with van der Waals surface area (Å²) in [5.41, 5.74) is 4.92. The molecule has 3 aromatic rings. The number of thioether (sulfide) groups is 1. The molecule has 0 saturated carbocycles. The standard InChI is InChI=1S/C32H33NO5S/c1-6-7-16-36-28-19(2)20(3)29-23(21(28)4)14-15-32(5,38-29)18-37-26-13-12-22(24-10-8-9-11-25(24)26)17-27-30(34)33-31(35)39-27/h6-13,17H,14-16,18H2,1-5H3,(H,33,34,35)/b7-6+,27-17-. The van der Waals surface area contributed by atoms with E-state index in [2.05, 4.69) is 33.0 Å². The van der Waals surface area contributed by atoms with Gasteiger partial charge in [-0.3, -0.25) is 14.9 Å². The number of carbonyl (C=O) groups is 2. The lowest BCUT2D eigenvalue weighted by Crippen LogP contribution is -2.42. The van der Waals surface area contributed by atoms with E-state index in [1.54, 1.807) is 6.08 Å². The highest BCUT2D eigenvalue weighted by Gasteiger charge is 2.36. The van der Waals surface area contributed by atoms with Gasteiger partial charge >= 0.3 is 0 Å². The summed E-state index contributed by atoms with van der Waals surface area (Å²) >= 11 is 0.916. The highest BCUT2D eigenvalue weighted by Crippen LogP contribution is 2.44. The van der Waals surface area contributed by atoms with Gasteiger partial charge in [0.25, 0.3) is 11.1 Å². The first-order valence-electron chi connectivity index (χ1n) is 13.2. The van der Waals surface area contributed by atoms with E-state index in [0.29, 0.717) is 18.1 Å². The smallest absolute Gasteiger partial charge is 0.290 e. The van der Waals surface area contributed by atoms with Gasteiger partial charge in [0.15, 0.2) is 0 Å². The molecule has 3 aromatic carbocycles. The highest BCUT2D eigenvalue weighted by atomic mass is 32.2. The lowest BCUT2D eigenvalue weighted by atomic mass is 9.87. The molecule has 0 aliphatic carbocycles. The number of fused-ring (bicyclic) bond motifs is 2. The van der Waals surface area contributed by atoms with Crippen LogP contribution in [0.1, 0.15) is 48.1 Å². The van der Waals surface area contributed by atoms with Gasteiger partial charge < -0.3 is 14.2 Å². The maximum atomic E-state index is 12.1. The van der Waals surface area contributed by atoms with E-state index in [0.717, 1.165) is 74.9 Å². The normalized spacial score (nSPS) is 19.9. The van der Waals surface area contributed by atoms with Gasteiger partial charge in [0.2, 0.25) is 0 Å². The van der Waals surface area contributed by atoms with Gasteiger partial charge in [-0.2, -0.15) is 0 Å². The number of nitrogens with one attached hydrogen (secondary N) is 1.